The second-order valence-corrected chi connectivity index (χ2v) is 6.92. The monoisotopic (exact) mass is 390 g/mol. The molecule has 2 aromatic rings. The summed E-state index contributed by atoms with van der Waals surface area (Å²) < 4.78 is 0. The first-order chi connectivity index (χ1) is 14.3. The Hall–Kier alpha value is -3.40. The third-order valence-corrected chi connectivity index (χ3v) is 4.87. The van der Waals surface area contributed by atoms with Gasteiger partial charge in [-0.3, -0.25) is 15.1 Å². The van der Waals surface area contributed by atoms with E-state index in [-0.39, 0.29) is 5.91 Å². The number of rotatable bonds is 8. The Balaban J connectivity index is 1.37. The first kappa shape index (κ1) is 20.3. The predicted molar refractivity (Wildman–Crippen MR) is 114 cm³/mol. The van der Waals surface area contributed by atoms with E-state index in [2.05, 4.69) is 26.7 Å². The lowest BCUT2D eigenvalue weighted by Crippen LogP contribution is -2.36. The van der Waals surface area contributed by atoms with Gasteiger partial charge in [0.25, 0.3) is 0 Å². The van der Waals surface area contributed by atoms with E-state index in [0.717, 1.165) is 56.6 Å². The highest BCUT2D eigenvalue weighted by atomic mass is 16.2. The number of aryl methyl sites for hydroxylation is 1. The summed E-state index contributed by atoms with van der Waals surface area (Å²) in [6.07, 6.45) is 10.7. The van der Waals surface area contributed by atoms with Crippen LogP contribution < -0.4 is 15.5 Å². The Kier molecular flexibility index (Phi) is 7.58. The van der Waals surface area contributed by atoms with E-state index in [0.29, 0.717) is 12.4 Å². The Morgan fingerprint density at radius 3 is 2.72 bits per heavy atom. The molecule has 3 rings (SSSR count). The summed E-state index contributed by atoms with van der Waals surface area (Å²) in [6.45, 7) is 1.50. The SMILES string of the molecule is N#CN/C(=N/c1ccncc1)NCCCCCCN1C(=O)CCc2ccccc21. The molecule has 2 heterocycles. The van der Waals surface area contributed by atoms with Crippen molar-refractivity contribution in [3.8, 4) is 6.19 Å². The summed E-state index contributed by atoms with van der Waals surface area (Å²) >= 11 is 0. The zero-order valence-corrected chi connectivity index (χ0v) is 16.5. The second-order valence-electron chi connectivity index (χ2n) is 6.92. The lowest BCUT2D eigenvalue weighted by atomic mass is 10.0. The minimum Gasteiger partial charge on any atom is -0.355 e. The number of carbonyl (C=O) groups is 1. The van der Waals surface area contributed by atoms with Crippen molar-refractivity contribution in [1.29, 1.82) is 5.26 Å². The highest BCUT2D eigenvalue weighted by Gasteiger charge is 2.22. The largest absolute Gasteiger partial charge is 0.355 e. The number of nitrogens with one attached hydrogen (secondary N) is 2. The number of benzene rings is 1. The molecule has 0 saturated carbocycles. The molecule has 1 aromatic heterocycles. The van der Waals surface area contributed by atoms with Gasteiger partial charge in [0.05, 0.1) is 5.69 Å². The molecule has 1 aromatic carbocycles. The molecule has 1 aliphatic rings. The number of hydrogen-bond acceptors (Lipinski definition) is 4. The van der Waals surface area contributed by atoms with Crippen molar-refractivity contribution in [3.05, 3.63) is 54.4 Å². The normalized spacial score (nSPS) is 13.6. The van der Waals surface area contributed by atoms with Crippen LogP contribution in [0.3, 0.4) is 0 Å². The van der Waals surface area contributed by atoms with Crippen LogP contribution in [0.5, 0.6) is 0 Å². The van der Waals surface area contributed by atoms with Gasteiger partial charge in [-0.15, -0.1) is 0 Å². The molecule has 0 radical (unpaired) electrons. The van der Waals surface area contributed by atoms with Gasteiger partial charge in [-0.1, -0.05) is 31.0 Å². The smallest absolute Gasteiger partial charge is 0.227 e. The first-order valence-electron chi connectivity index (χ1n) is 10.0. The fraction of sp³-hybridized carbons (Fsp3) is 0.364. The van der Waals surface area contributed by atoms with Gasteiger partial charge in [0.15, 0.2) is 6.19 Å². The molecule has 1 amide bonds. The van der Waals surface area contributed by atoms with Crippen LogP contribution in [0.4, 0.5) is 11.4 Å². The van der Waals surface area contributed by atoms with Gasteiger partial charge < -0.3 is 10.2 Å². The number of pyridine rings is 1. The van der Waals surface area contributed by atoms with Gasteiger partial charge in [0, 0.05) is 37.6 Å². The number of para-hydroxylation sites is 1. The molecule has 7 nitrogen and oxygen atoms in total. The third-order valence-electron chi connectivity index (χ3n) is 4.87. The Labute approximate surface area is 171 Å². The Morgan fingerprint density at radius 1 is 1.10 bits per heavy atom. The summed E-state index contributed by atoms with van der Waals surface area (Å²) in [5.41, 5.74) is 3.07. The van der Waals surface area contributed by atoms with E-state index in [9.17, 15) is 4.79 Å². The van der Waals surface area contributed by atoms with Crippen molar-refractivity contribution in [1.82, 2.24) is 15.6 Å². The Bertz CT molecular complexity index is 874. The minimum absolute atomic E-state index is 0.227. The fourth-order valence-electron chi connectivity index (χ4n) is 3.41. The number of hydrogen-bond donors (Lipinski definition) is 2. The topological polar surface area (TPSA) is 93.4 Å². The number of carbonyl (C=O) groups excluding carboxylic acids is 1. The summed E-state index contributed by atoms with van der Waals surface area (Å²) in [6, 6.07) is 11.7. The molecule has 29 heavy (non-hydrogen) atoms. The summed E-state index contributed by atoms with van der Waals surface area (Å²) in [5.74, 6) is 0.666. The molecule has 150 valence electrons. The molecule has 0 atom stereocenters. The van der Waals surface area contributed by atoms with Crippen LogP contribution in [0.15, 0.2) is 53.8 Å². The number of nitrogens with zero attached hydrogens (tertiary/aromatic N) is 4. The van der Waals surface area contributed by atoms with Crippen molar-refractivity contribution in [3.63, 3.8) is 0 Å². The lowest BCUT2D eigenvalue weighted by molar-refractivity contribution is -0.118. The van der Waals surface area contributed by atoms with Crippen LogP contribution >= 0.6 is 0 Å². The summed E-state index contributed by atoms with van der Waals surface area (Å²) in [5, 5.41) is 14.6. The molecule has 0 fully saturated rings. The van der Waals surface area contributed by atoms with E-state index >= 15 is 0 Å². The lowest BCUT2D eigenvalue weighted by Gasteiger charge is -2.29. The Morgan fingerprint density at radius 2 is 1.90 bits per heavy atom. The van der Waals surface area contributed by atoms with Crippen molar-refractivity contribution in [2.75, 3.05) is 18.0 Å². The van der Waals surface area contributed by atoms with Gasteiger partial charge in [0.2, 0.25) is 11.9 Å². The van der Waals surface area contributed by atoms with Gasteiger partial charge in [-0.2, -0.15) is 5.26 Å². The number of aromatic nitrogens is 1. The number of anilines is 1. The quantitative estimate of drug-likeness (QED) is 0.237. The number of nitriles is 1. The number of aliphatic imine (C=N–C) groups is 1. The van der Waals surface area contributed by atoms with Crippen LogP contribution in [0.25, 0.3) is 0 Å². The van der Waals surface area contributed by atoms with Crippen LogP contribution in [-0.2, 0) is 11.2 Å². The molecule has 2 N–H and O–H groups in total. The van der Waals surface area contributed by atoms with Gasteiger partial charge in [0.1, 0.15) is 0 Å². The van der Waals surface area contributed by atoms with Crippen molar-refractivity contribution < 1.29 is 4.79 Å². The van der Waals surface area contributed by atoms with Crippen molar-refractivity contribution >= 4 is 23.2 Å². The molecule has 0 aliphatic carbocycles. The van der Waals surface area contributed by atoms with Crippen LogP contribution in [0.1, 0.15) is 37.7 Å². The maximum atomic E-state index is 12.3. The third kappa shape index (κ3) is 6.04. The molecule has 7 heteroatoms. The van der Waals surface area contributed by atoms with Crippen LogP contribution in [0.2, 0.25) is 0 Å². The van der Waals surface area contributed by atoms with Crippen LogP contribution in [0, 0.1) is 11.5 Å². The number of unbranched alkanes of at least 4 members (excludes halogenated alkanes) is 3. The molecular formula is C22H26N6O. The van der Waals surface area contributed by atoms with Crippen molar-refractivity contribution in [2.24, 2.45) is 4.99 Å². The van der Waals surface area contributed by atoms with Crippen LogP contribution in [-0.4, -0.2) is 29.9 Å². The molecule has 0 unspecified atom stereocenters. The van der Waals surface area contributed by atoms with Gasteiger partial charge >= 0.3 is 0 Å². The zero-order chi connectivity index (χ0) is 20.3. The van der Waals surface area contributed by atoms with Crippen molar-refractivity contribution in [2.45, 2.75) is 38.5 Å². The van der Waals surface area contributed by atoms with E-state index in [1.165, 1.54) is 5.56 Å². The number of guanidine groups is 1. The van der Waals surface area contributed by atoms with E-state index in [4.69, 9.17) is 5.26 Å². The van der Waals surface area contributed by atoms with E-state index in [1.807, 2.05) is 29.3 Å². The average molecular weight is 390 g/mol. The summed E-state index contributed by atoms with van der Waals surface area (Å²) in [7, 11) is 0. The molecule has 0 spiro atoms. The summed E-state index contributed by atoms with van der Waals surface area (Å²) in [4.78, 5) is 22.5. The minimum atomic E-state index is 0.227. The highest BCUT2D eigenvalue weighted by molar-refractivity contribution is 5.96. The maximum absolute atomic E-state index is 12.3. The van der Waals surface area contributed by atoms with Gasteiger partial charge in [-0.05, 0) is 43.0 Å². The average Bonchev–Trinajstić information content (AvgIpc) is 2.75. The second kappa shape index (κ2) is 10.8. The molecule has 0 saturated heterocycles. The zero-order valence-electron chi connectivity index (χ0n) is 16.5. The van der Waals surface area contributed by atoms with Gasteiger partial charge in [-0.25, -0.2) is 4.99 Å². The number of amides is 1. The predicted octanol–water partition coefficient (Wildman–Crippen LogP) is 3.27. The molecule has 1 aliphatic heterocycles. The van der Waals surface area contributed by atoms with E-state index in [1.54, 1.807) is 24.5 Å². The molecular weight excluding hydrogens is 364 g/mol. The standard InChI is InChI=1S/C22H26N6O/c23-17-26-22(27-19-11-14-24-15-12-19)25-13-5-1-2-6-16-28-20-8-4-3-7-18(20)9-10-21(28)29/h3-4,7-8,11-12,14-15H,1-2,5-6,9-10,13,16H2,(H2,24,25,26,27). The highest BCUT2D eigenvalue weighted by Crippen LogP contribution is 2.27. The maximum Gasteiger partial charge on any atom is 0.227 e. The van der Waals surface area contributed by atoms with E-state index < -0.39 is 0 Å². The number of fused-ring (bicyclic) bond motifs is 1. The fourth-order valence-corrected chi connectivity index (χ4v) is 3.41. The first-order valence-corrected chi connectivity index (χ1v) is 10.0. The molecule has 0 bridgehead atoms.